The minimum Gasteiger partial charge on any atom is -0.378 e. The molecule has 3 aromatic heterocycles. The Morgan fingerprint density at radius 2 is 1.72 bits per heavy atom. The van der Waals surface area contributed by atoms with E-state index in [4.69, 9.17) is 14.7 Å². The topological polar surface area (TPSA) is 82.2 Å². The number of morpholine rings is 1. The number of benzene rings is 2. The molecule has 0 unspecified atom stereocenters. The third-order valence-electron chi connectivity index (χ3n) is 7.02. The maximum Gasteiger partial charge on any atom is 0.162 e. The number of thiophene rings is 1. The van der Waals surface area contributed by atoms with E-state index in [1.807, 2.05) is 18.3 Å². The maximum absolute atomic E-state index is 5.63. The first-order valence-electron chi connectivity index (χ1n) is 12.5. The van der Waals surface area contributed by atoms with Crippen LogP contribution in [0.4, 0.5) is 11.5 Å². The van der Waals surface area contributed by atoms with E-state index < -0.39 is 0 Å². The van der Waals surface area contributed by atoms with Crippen molar-refractivity contribution >= 4 is 44.0 Å². The van der Waals surface area contributed by atoms with Gasteiger partial charge >= 0.3 is 0 Å². The summed E-state index contributed by atoms with van der Waals surface area (Å²) in [5.41, 5.74) is 5.45. The molecule has 36 heavy (non-hydrogen) atoms. The Bertz CT molecular complexity index is 1510. The largest absolute Gasteiger partial charge is 0.378 e. The second-order valence-corrected chi connectivity index (χ2v) is 10.3. The van der Waals surface area contributed by atoms with E-state index in [1.165, 1.54) is 16.1 Å². The summed E-state index contributed by atoms with van der Waals surface area (Å²) in [4.78, 5) is 16.2. The lowest BCUT2D eigenvalue weighted by Gasteiger charge is -2.29. The monoisotopic (exact) mass is 497 g/mol. The fourth-order valence-electron chi connectivity index (χ4n) is 5.09. The summed E-state index contributed by atoms with van der Waals surface area (Å²) in [7, 11) is 0. The summed E-state index contributed by atoms with van der Waals surface area (Å²) >= 11 is 1.77. The van der Waals surface area contributed by atoms with Crippen LogP contribution in [0.5, 0.6) is 0 Å². The van der Waals surface area contributed by atoms with Crippen molar-refractivity contribution in [2.75, 3.05) is 62.3 Å². The first-order valence-corrected chi connectivity index (χ1v) is 13.3. The van der Waals surface area contributed by atoms with Gasteiger partial charge in [-0.3, -0.25) is 5.10 Å². The number of hydrogen-bond donors (Lipinski definition) is 2. The van der Waals surface area contributed by atoms with Gasteiger partial charge in [0.25, 0.3) is 0 Å². The van der Waals surface area contributed by atoms with Gasteiger partial charge < -0.3 is 19.9 Å². The number of piperazine rings is 1. The molecule has 2 aliphatic heterocycles. The van der Waals surface area contributed by atoms with Gasteiger partial charge in [-0.05, 0) is 29.8 Å². The average molecular weight is 498 g/mol. The zero-order chi connectivity index (χ0) is 23.9. The number of hydrogen-bond acceptors (Lipinski definition) is 8. The fourth-order valence-corrected chi connectivity index (χ4v) is 6.21. The van der Waals surface area contributed by atoms with Crippen LogP contribution in [0.1, 0.15) is 0 Å². The summed E-state index contributed by atoms with van der Waals surface area (Å²) in [6.07, 6.45) is 1.85. The molecule has 0 aliphatic carbocycles. The first kappa shape index (κ1) is 21.7. The Kier molecular flexibility index (Phi) is 5.53. The van der Waals surface area contributed by atoms with Crippen molar-refractivity contribution in [1.82, 2.24) is 25.5 Å². The smallest absolute Gasteiger partial charge is 0.162 e. The molecule has 0 spiro atoms. The third kappa shape index (κ3) is 3.89. The van der Waals surface area contributed by atoms with E-state index in [0.717, 1.165) is 77.6 Å². The molecule has 5 aromatic rings. The Morgan fingerprint density at radius 1 is 0.889 bits per heavy atom. The van der Waals surface area contributed by atoms with E-state index in [-0.39, 0.29) is 0 Å². The van der Waals surface area contributed by atoms with Gasteiger partial charge in [-0.1, -0.05) is 24.3 Å². The summed E-state index contributed by atoms with van der Waals surface area (Å²) < 4.78 is 6.76. The molecule has 9 heteroatoms. The lowest BCUT2D eigenvalue weighted by molar-refractivity contribution is 0.122. The first-order chi connectivity index (χ1) is 17.8. The summed E-state index contributed by atoms with van der Waals surface area (Å²) in [6, 6.07) is 17.3. The number of rotatable bonds is 4. The second kappa shape index (κ2) is 9.16. The highest BCUT2D eigenvalue weighted by Gasteiger charge is 2.21. The summed E-state index contributed by atoms with van der Waals surface area (Å²) in [5, 5.41) is 11.8. The Hall–Kier alpha value is -3.53. The number of anilines is 2. The highest BCUT2D eigenvalue weighted by Crippen LogP contribution is 2.40. The molecule has 0 saturated carbocycles. The van der Waals surface area contributed by atoms with Crippen LogP contribution < -0.4 is 15.1 Å². The number of aromatic nitrogens is 4. The van der Waals surface area contributed by atoms with Gasteiger partial charge in [-0.15, -0.1) is 11.3 Å². The van der Waals surface area contributed by atoms with Crippen LogP contribution >= 0.6 is 11.3 Å². The Morgan fingerprint density at radius 3 is 2.56 bits per heavy atom. The number of nitrogens with one attached hydrogen (secondary N) is 2. The highest BCUT2D eigenvalue weighted by atomic mass is 32.1. The predicted molar refractivity (Wildman–Crippen MR) is 146 cm³/mol. The average Bonchev–Trinajstić information content (AvgIpc) is 3.61. The molecular weight excluding hydrogens is 470 g/mol. The van der Waals surface area contributed by atoms with Crippen LogP contribution in [0.25, 0.3) is 42.9 Å². The predicted octanol–water partition coefficient (Wildman–Crippen LogP) is 4.15. The maximum atomic E-state index is 5.63. The van der Waals surface area contributed by atoms with Gasteiger partial charge in [-0.25, -0.2) is 9.97 Å². The number of nitrogens with zero attached hydrogens (tertiary/aromatic N) is 5. The van der Waals surface area contributed by atoms with Gasteiger partial charge in [-0.2, -0.15) is 5.10 Å². The van der Waals surface area contributed by atoms with Gasteiger partial charge in [0.1, 0.15) is 0 Å². The summed E-state index contributed by atoms with van der Waals surface area (Å²) in [6.45, 7) is 7.25. The lowest BCUT2D eigenvalue weighted by atomic mass is 10.1. The Balaban J connectivity index is 1.32. The van der Waals surface area contributed by atoms with Gasteiger partial charge in [0, 0.05) is 60.8 Å². The zero-order valence-electron chi connectivity index (χ0n) is 19.9. The lowest BCUT2D eigenvalue weighted by Crippen LogP contribution is -2.43. The van der Waals surface area contributed by atoms with Crippen LogP contribution in [0.15, 0.2) is 54.7 Å². The molecule has 2 N–H and O–H groups in total. The molecule has 2 aliphatic rings. The molecule has 182 valence electrons. The summed E-state index contributed by atoms with van der Waals surface area (Å²) in [5.74, 6) is 1.72. The SMILES string of the molecule is c1cc(-c2nc(N3CCOCC3)c3sc(-c4ccc(N5CCNCC5)cc4)cc3n2)c2cn[nH]c2c1. The van der Waals surface area contributed by atoms with Crippen LogP contribution in [0.2, 0.25) is 0 Å². The van der Waals surface area contributed by atoms with E-state index in [0.29, 0.717) is 13.2 Å². The van der Waals surface area contributed by atoms with Crippen molar-refractivity contribution in [1.29, 1.82) is 0 Å². The normalized spacial score (nSPS) is 16.8. The standard InChI is InChI=1S/C27H27N7OS/c1-2-20(21-17-29-32-22(21)3-1)26-30-23-16-24(36-25(23)27(31-26)34-12-14-35-15-13-34)18-4-6-19(7-5-18)33-10-8-28-9-11-33/h1-7,16-17,28H,8-15H2,(H,29,32). The van der Waals surface area contributed by atoms with Crippen LogP contribution in [0.3, 0.4) is 0 Å². The Labute approximate surface area is 212 Å². The molecule has 0 atom stereocenters. The number of ether oxygens (including phenoxy) is 1. The van der Waals surface area contributed by atoms with E-state index in [1.54, 1.807) is 11.3 Å². The highest BCUT2D eigenvalue weighted by molar-refractivity contribution is 7.22. The minimum absolute atomic E-state index is 0.712. The van der Waals surface area contributed by atoms with Gasteiger partial charge in [0.15, 0.2) is 11.6 Å². The second-order valence-electron chi connectivity index (χ2n) is 9.22. The zero-order valence-corrected chi connectivity index (χ0v) is 20.7. The molecule has 2 saturated heterocycles. The van der Waals surface area contributed by atoms with Crippen LogP contribution in [-0.2, 0) is 4.74 Å². The molecule has 5 heterocycles. The van der Waals surface area contributed by atoms with Crippen LogP contribution in [-0.4, -0.2) is 72.6 Å². The molecule has 2 fully saturated rings. The molecule has 0 radical (unpaired) electrons. The van der Waals surface area contributed by atoms with Crippen LogP contribution in [0, 0.1) is 0 Å². The number of fused-ring (bicyclic) bond motifs is 2. The van der Waals surface area contributed by atoms with Crippen molar-refractivity contribution in [2.45, 2.75) is 0 Å². The molecule has 7 rings (SSSR count). The van der Waals surface area contributed by atoms with Gasteiger partial charge in [0.2, 0.25) is 0 Å². The molecular formula is C27H27N7OS. The number of aromatic amines is 1. The minimum atomic E-state index is 0.712. The van der Waals surface area contributed by atoms with Crippen molar-refractivity contribution in [3.8, 4) is 21.8 Å². The molecule has 8 nitrogen and oxygen atoms in total. The van der Waals surface area contributed by atoms with Crippen molar-refractivity contribution in [3.05, 3.63) is 54.7 Å². The van der Waals surface area contributed by atoms with Crippen molar-refractivity contribution in [3.63, 3.8) is 0 Å². The fraction of sp³-hybridized carbons (Fsp3) is 0.296. The molecule has 0 bridgehead atoms. The van der Waals surface area contributed by atoms with Gasteiger partial charge in [0.05, 0.1) is 35.1 Å². The molecule has 2 aromatic carbocycles. The van der Waals surface area contributed by atoms with E-state index in [9.17, 15) is 0 Å². The third-order valence-corrected chi connectivity index (χ3v) is 8.19. The number of H-pyrrole nitrogens is 1. The quantitative estimate of drug-likeness (QED) is 0.386. The van der Waals surface area contributed by atoms with E-state index in [2.05, 4.69) is 61.7 Å². The molecule has 0 amide bonds. The van der Waals surface area contributed by atoms with E-state index >= 15 is 0 Å². The van der Waals surface area contributed by atoms with Crippen molar-refractivity contribution in [2.24, 2.45) is 0 Å². The van der Waals surface area contributed by atoms with Crippen molar-refractivity contribution < 1.29 is 4.74 Å².